The van der Waals surface area contributed by atoms with Gasteiger partial charge in [-0.3, -0.25) is 14.5 Å². The van der Waals surface area contributed by atoms with E-state index in [-0.39, 0.29) is 17.2 Å². The zero-order valence-electron chi connectivity index (χ0n) is 12.6. The molecule has 1 aliphatic heterocycles. The zero-order chi connectivity index (χ0) is 15.8. The molecule has 0 aromatic carbocycles. The van der Waals surface area contributed by atoms with Crippen LogP contribution in [-0.2, 0) is 23.9 Å². The predicted molar refractivity (Wildman–Crippen MR) is 72.3 cm³/mol. The van der Waals surface area contributed by atoms with Gasteiger partial charge in [0, 0.05) is 6.61 Å². The summed E-state index contributed by atoms with van der Waals surface area (Å²) in [5.74, 6) is 1.35. The summed E-state index contributed by atoms with van der Waals surface area (Å²) in [6.45, 7) is 8.55. The Morgan fingerprint density at radius 2 is 2.10 bits per heavy atom. The van der Waals surface area contributed by atoms with Crippen molar-refractivity contribution < 1.29 is 23.9 Å². The maximum absolute atomic E-state index is 11.3. The van der Waals surface area contributed by atoms with E-state index in [1.165, 1.54) is 0 Å². The highest BCUT2D eigenvalue weighted by atomic mass is 16.5. The third-order valence-electron chi connectivity index (χ3n) is 2.16. The second kappa shape index (κ2) is 8.47. The highest BCUT2D eigenvalue weighted by Crippen LogP contribution is 2.07. The molecule has 0 aromatic heterocycles. The van der Waals surface area contributed by atoms with Crippen LogP contribution in [0, 0.1) is 0 Å². The van der Waals surface area contributed by atoms with Gasteiger partial charge in [-0.1, -0.05) is 0 Å². The molecule has 1 unspecified atom stereocenters. The fourth-order valence-corrected chi connectivity index (χ4v) is 1.35. The molecule has 1 amide bonds. The molecular formula is C13H22N2O5. The van der Waals surface area contributed by atoms with Crippen molar-refractivity contribution in [1.29, 1.82) is 0 Å². The molecule has 1 aliphatic rings. The van der Waals surface area contributed by atoms with Gasteiger partial charge in [0.15, 0.2) is 6.23 Å². The van der Waals surface area contributed by atoms with E-state index in [0.717, 1.165) is 0 Å². The van der Waals surface area contributed by atoms with Crippen LogP contribution in [0.5, 0.6) is 0 Å². The highest BCUT2D eigenvalue weighted by molar-refractivity contribution is 5.85. The molecule has 20 heavy (non-hydrogen) atoms. The molecule has 1 heterocycles. The van der Waals surface area contributed by atoms with Gasteiger partial charge in [0.05, 0.1) is 6.54 Å². The molecule has 0 spiro atoms. The summed E-state index contributed by atoms with van der Waals surface area (Å²) in [5.41, 5.74) is -0.0645. The number of carbonyl (C=O) groups excluding carboxylic acids is 3. The van der Waals surface area contributed by atoms with Crippen LogP contribution in [0.2, 0.25) is 0 Å². The number of amides is 1. The Balaban J connectivity index is 0.000000441. The van der Waals surface area contributed by atoms with E-state index in [1.54, 1.807) is 17.9 Å². The molecule has 0 radical (unpaired) electrons. The van der Waals surface area contributed by atoms with Crippen LogP contribution >= 0.6 is 0 Å². The second-order valence-corrected chi connectivity index (χ2v) is 5.12. The number of carbonyl (C=O) groups is 2. The van der Waals surface area contributed by atoms with Gasteiger partial charge in [0.1, 0.15) is 17.2 Å². The maximum Gasteiger partial charge on any atom is 0.293 e. The van der Waals surface area contributed by atoms with Gasteiger partial charge in [-0.2, -0.15) is 0 Å². The van der Waals surface area contributed by atoms with Crippen molar-refractivity contribution in [3.05, 3.63) is 5.70 Å². The lowest BCUT2D eigenvalue weighted by Gasteiger charge is -2.31. The molecule has 0 bridgehead atoms. The molecule has 0 aliphatic carbocycles. The summed E-state index contributed by atoms with van der Waals surface area (Å²) in [6.07, 6.45) is -0.595. The third kappa shape index (κ3) is 7.04. The van der Waals surface area contributed by atoms with Crippen LogP contribution in [0.1, 0.15) is 27.7 Å². The first kappa shape index (κ1) is 18.3. The SMILES string of the molecule is CC(C)(C)OC=O.CCOC1C(=O)NC(=C=O)CN1C. The lowest BCUT2D eigenvalue weighted by molar-refractivity contribution is -0.146. The van der Waals surface area contributed by atoms with Crippen molar-refractivity contribution >= 4 is 18.3 Å². The van der Waals surface area contributed by atoms with E-state index in [4.69, 9.17) is 4.74 Å². The standard InChI is InChI=1S/C8H12N2O3.C5H10O2/c1-3-13-8-7(12)9-6(5-11)4-10(8)2;1-5(2,3)7-4-6/h8H,3-4H2,1-2H3,(H,9,12);4H,1-3H3. The average molecular weight is 286 g/mol. The lowest BCUT2D eigenvalue weighted by atomic mass is 10.2. The summed E-state index contributed by atoms with van der Waals surface area (Å²) >= 11 is 0. The van der Waals surface area contributed by atoms with Gasteiger partial charge in [-0.05, 0) is 34.7 Å². The van der Waals surface area contributed by atoms with Gasteiger partial charge in [-0.25, -0.2) is 4.79 Å². The zero-order valence-corrected chi connectivity index (χ0v) is 12.6. The van der Waals surface area contributed by atoms with Crippen LogP contribution in [0.3, 0.4) is 0 Å². The molecule has 1 saturated heterocycles. The monoisotopic (exact) mass is 286 g/mol. The third-order valence-corrected chi connectivity index (χ3v) is 2.16. The number of ether oxygens (including phenoxy) is 2. The Morgan fingerprint density at radius 1 is 1.50 bits per heavy atom. The van der Waals surface area contributed by atoms with Crippen molar-refractivity contribution in [3.63, 3.8) is 0 Å². The molecule has 0 aromatic rings. The topological polar surface area (TPSA) is 84.9 Å². The quantitative estimate of drug-likeness (QED) is 0.584. The first-order valence-electron chi connectivity index (χ1n) is 6.23. The Kier molecular flexibility index (Phi) is 7.76. The average Bonchev–Trinajstić information content (AvgIpc) is 2.32. The van der Waals surface area contributed by atoms with Crippen LogP contribution < -0.4 is 5.32 Å². The minimum Gasteiger partial charge on any atom is -0.462 e. The molecule has 1 fully saturated rings. The van der Waals surface area contributed by atoms with Crippen molar-refractivity contribution in [3.8, 4) is 0 Å². The van der Waals surface area contributed by atoms with Crippen molar-refractivity contribution in [2.45, 2.75) is 39.5 Å². The largest absolute Gasteiger partial charge is 0.462 e. The number of hydrogen-bond acceptors (Lipinski definition) is 6. The van der Waals surface area contributed by atoms with Crippen LogP contribution in [-0.4, -0.2) is 55.2 Å². The van der Waals surface area contributed by atoms with Gasteiger partial charge < -0.3 is 14.8 Å². The van der Waals surface area contributed by atoms with Crippen LogP contribution in [0.25, 0.3) is 0 Å². The Morgan fingerprint density at radius 3 is 2.40 bits per heavy atom. The first-order chi connectivity index (χ1) is 9.25. The summed E-state index contributed by atoms with van der Waals surface area (Å²) in [5, 5.41) is 2.42. The second-order valence-electron chi connectivity index (χ2n) is 5.12. The van der Waals surface area contributed by atoms with Crippen LogP contribution in [0.4, 0.5) is 0 Å². The molecule has 1 atom stereocenters. The van der Waals surface area contributed by atoms with Gasteiger partial charge >= 0.3 is 0 Å². The molecule has 1 N–H and O–H groups in total. The number of rotatable bonds is 3. The lowest BCUT2D eigenvalue weighted by Crippen LogP contribution is -2.53. The molecule has 114 valence electrons. The summed E-state index contributed by atoms with van der Waals surface area (Å²) < 4.78 is 9.72. The van der Waals surface area contributed by atoms with E-state index < -0.39 is 6.23 Å². The van der Waals surface area contributed by atoms with E-state index >= 15 is 0 Å². The van der Waals surface area contributed by atoms with Gasteiger partial charge in [-0.15, -0.1) is 0 Å². The smallest absolute Gasteiger partial charge is 0.293 e. The van der Waals surface area contributed by atoms with Gasteiger partial charge in [0.25, 0.3) is 12.4 Å². The van der Waals surface area contributed by atoms with Crippen molar-refractivity contribution in [1.82, 2.24) is 10.2 Å². The Hall–Kier alpha value is -1.69. The van der Waals surface area contributed by atoms with Crippen molar-refractivity contribution in [2.24, 2.45) is 0 Å². The highest BCUT2D eigenvalue weighted by Gasteiger charge is 2.30. The Labute approximate surface area is 118 Å². The Bertz CT molecular complexity index is 383. The number of likely N-dealkylation sites (N-methyl/N-ethyl adjacent to an activating group) is 1. The molecule has 0 saturated carbocycles. The predicted octanol–water partition coefficient (Wildman–Crippen LogP) is 0.0840. The fraction of sp³-hybridized carbons (Fsp3) is 0.692. The van der Waals surface area contributed by atoms with E-state index in [0.29, 0.717) is 19.6 Å². The fourth-order valence-electron chi connectivity index (χ4n) is 1.35. The molecular weight excluding hydrogens is 264 g/mol. The van der Waals surface area contributed by atoms with Crippen LogP contribution in [0.15, 0.2) is 5.70 Å². The molecule has 7 heteroatoms. The first-order valence-corrected chi connectivity index (χ1v) is 6.23. The normalized spacial score (nSPS) is 19.4. The number of piperazine rings is 1. The van der Waals surface area contributed by atoms with E-state index in [1.807, 2.05) is 27.7 Å². The maximum atomic E-state index is 11.3. The van der Waals surface area contributed by atoms with E-state index in [9.17, 15) is 14.4 Å². The summed E-state index contributed by atoms with van der Waals surface area (Å²) in [6, 6.07) is 0. The van der Waals surface area contributed by atoms with E-state index in [2.05, 4.69) is 10.1 Å². The number of nitrogens with zero attached hydrogens (tertiary/aromatic N) is 1. The molecule has 7 nitrogen and oxygen atoms in total. The minimum atomic E-state index is -0.595. The molecule has 1 rings (SSSR count). The number of nitrogens with one attached hydrogen (secondary N) is 1. The summed E-state index contributed by atoms with van der Waals surface area (Å²) in [7, 11) is 1.72. The minimum absolute atomic E-state index is 0.253. The van der Waals surface area contributed by atoms with Crippen molar-refractivity contribution in [2.75, 3.05) is 20.2 Å². The van der Waals surface area contributed by atoms with Gasteiger partial charge in [0.2, 0.25) is 0 Å². The summed E-state index contributed by atoms with van der Waals surface area (Å²) in [4.78, 5) is 32.8. The number of hydrogen-bond donors (Lipinski definition) is 1.